The zero-order valence-electron chi connectivity index (χ0n) is 11.8. The normalized spacial score (nSPS) is 13.2. The number of nitrogens with one attached hydrogen (secondary N) is 1. The summed E-state index contributed by atoms with van der Waals surface area (Å²) in [5, 5.41) is 5.73. The predicted molar refractivity (Wildman–Crippen MR) is 86.5 cm³/mol. The first-order chi connectivity index (χ1) is 9.33. The topological polar surface area (TPSA) is 29.3 Å². The van der Waals surface area contributed by atoms with Crippen molar-refractivity contribution < 1.29 is 0 Å². The van der Waals surface area contributed by atoms with Crippen LogP contribution < -0.4 is 5.32 Å². The number of hydrogen-bond acceptors (Lipinski definition) is 4. The van der Waals surface area contributed by atoms with E-state index in [4.69, 9.17) is 0 Å². The molecule has 0 aliphatic rings. The molecule has 5 heteroatoms. The molecule has 2 aromatic rings. The van der Waals surface area contributed by atoms with Crippen LogP contribution in [-0.2, 0) is 6.42 Å². The van der Waals surface area contributed by atoms with E-state index in [9.17, 15) is 0 Å². The van der Waals surface area contributed by atoms with Gasteiger partial charge in [0.1, 0.15) is 0 Å². The second kappa shape index (κ2) is 7.92. The number of fused-ring (bicyclic) bond motifs is 1. The Kier molecular flexibility index (Phi) is 6.20. The molecule has 0 saturated carbocycles. The lowest BCUT2D eigenvalue weighted by Gasteiger charge is -2.16. The highest BCUT2D eigenvalue weighted by molar-refractivity contribution is 7.99. The van der Waals surface area contributed by atoms with Gasteiger partial charge in [0, 0.05) is 36.0 Å². The molecular formula is C14H23N3S2. The minimum Gasteiger partial charge on any atom is -0.313 e. The molecule has 2 heterocycles. The molecule has 2 aromatic heterocycles. The van der Waals surface area contributed by atoms with E-state index in [-0.39, 0.29) is 0 Å². The van der Waals surface area contributed by atoms with Gasteiger partial charge in [-0.25, -0.2) is 4.98 Å². The Bertz CT molecular complexity index is 449. The maximum absolute atomic E-state index is 4.68. The first-order valence-corrected chi connectivity index (χ1v) is 9.09. The Morgan fingerprint density at radius 1 is 1.42 bits per heavy atom. The van der Waals surface area contributed by atoms with E-state index in [0.717, 1.165) is 17.9 Å². The molecule has 3 nitrogen and oxygen atoms in total. The summed E-state index contributed by atoms with van der Waals surface area (Å²) in [6.45, 7) is 5.56. The van der Waals surface area contributed by atoms with Crippen molar-refractivity contribution >= 4 is 28.1 Å². The lowest BCUT2D eigenvalue weighted by atomic mass is 10.2. The highest BCUT2D eigenvalue weighted by Gasteiger charge is 2.11. The zero-order valence-corrected chi connectivity index (χ0v) is 13.4. The van der Waals surface area contributed by atoms with Crippen molar-refractivity contribution in [1.82, 2.24) is 14.7 Å². The quantitative estimate of drug-likeness (QED) is 0.719. The van der Waals surface area contributed by atoms with Crippen LogP contribution >= 0.6 is 23.1 Å². The number of imidazole rings is 1. The van der Waals surface area contributed by atoms with Crippen molar-refractivity contribution in [3.63, 3.8) is 0 Å². The molecule has 0 bridgehead atoms. The van der Waals surface area contributed by atoms with Crippen LogP contribution in [0.4, 0.5) is 0 Å². The highest BCUT2D eigenvalue weighted by Crippen LogP contribution is 2.14. The molecule has 19 heavy (non-hydrogen) atoms. The minimum atomic E-state index is 0.543. The van der Waals surface area contributed by atoms with Crippen LogP contribution in [0.25, 0.3) is 4.96 Å². The number of rotatable bonds is 9. The second-order valence-corrected chi connectivity index (χ2v) is 6.78. The molecule has 0 amide bonds. The largest absolute Gasteiger partial charge is 0.313 e. The van der Waals surface area contributed by atoms with Gasteiger partial charge in [0.25, 0.3) is 0 Å². The van der Waals surface area contributed by atoms with E-state index >= 15 is 0 Å². The molecule has 0 fully saturated rings. The third-order valence-electron chi connectivity index (χ3n) is 2.95. The van der Waals surface area contributed by atoms with Crippen molar-refractivity contribution in [2.24, 2.45) is 0 Å². The first kappa shape index (κ1) is 14.9. The smallest absolute Gasteiger partial charge is 0.193 e. The predicted octanol–water partition coefficient (Wildman–Crippen LogP) is 3.45. The van der Waals surface area contributed by atoms with Crippen molar-refractivity contribution in [3.05, 3.63) is 23.5 Å². The second-order valence-electron chi connectivity index (χ2n) is 4.76. The molecule has 1 N–H and O–H groups in total. The van der Waals surface area contributed by atoms with Crippen LogP contribution in [0.2, 0.25) is 0 Å². The maximum atomic E-state index is 4.68. The number of aromatic nitrogens is 2. The molecule has 2 rings (SSSR count). The van der Waals surface area contributed by atoms with E-state index in [1.165, 1.54) is 30.0 Å². The SMILES string of the molecule is CCCNC(CSCCC)Cc1cn2ccsc2n1. The molecule has 0 spiro atoms. The van der Waals surface area contributed by atoms with Crippen LogP contribution in [0.15, 0.2) is 17.8 Å². The van der Waals surface area contributed by atoms with Crippen molar-refractivity contribution in [3.8, 4) is 0 Å². The highest BCUT2D eigenvalue weighted by atomic mass is 32.2. The number of hydrogen-bond donors (Lipinski definition) is 1. The summed E-state index contributed by atoms with van der Waals surface area (Å²) < 4.78 is 2.12. The summed E-state index contributed by atoms with van der Waals surface area (Å²) in [7, 11) is 0. The van der Waals surface area contributed by atoms with Crippen LogP contribution in [-0.4, -0.2) is 33.5 Å². The Hall–Kier alpha value is -0.520. The van der Waals surface area contributed by atoms with Crippen LogP contribution in [0.1, 0.15) is 32.4 Å². The Balaban J connectivity index is 1.91. The maximum Gasteiger partial charge on any atom is 0.193 e. The molecule has 1 unspecified atom stereocenters. The minimum absolute atomic E-state index is 0.543. The molecule has 0 aliphatic carbocycles. The molecule has 0 radical (unpaired) electrons. The molecule has 0 aliphatic heterocycles. The molecular weight excluding hydrogens is 274 g/mol. The van der Waals surface area contributed by atoms with E-state index in [1.807, 2.05) is 11.8 Å². The first-order valence-electron chi connectivity index (χ1n) is 7.05. The van der Waals surface area contributed by atoms with E-state index in [0.29, 0.717) is 6.04 Å². The summed E-state index contributed by atoms with van der Waals surface area (Å²) in [4.78, 5) is 5.78. The molecule has 0 aromatic carbocycles. The summed E-state index contributed by atoms with van der Waals surface area (Å²) in [5.41, 5.74) is 1.21. The van der Waals surface area contributed by atoms with E-state index in [1.54, 1.807) is 11.3 Å². The lowest BCUT2D eigenvalue weighted by Crippen LogP contribution is -2.34. The van der Waals surface area contributed by atoms with E-state index in [2.05, 4.69) is 46.3 Å². The monoisotopic (exact) mass is 297 g/mol. The van der Waals surface area contributed by atoms with E-state index < -0.39 is 0 Å². The third-order valence-corrected chi connectivity index (χ3v) is 5.05. The standard InChI is InChI=1S/C14H23N3S2/c1-3-5-15-13(11-18-7-4-2)9-12-10-17-6-8-19-14(17)16-12/h6,8,10,13,15H,3-5,7,9,11H2,1-2H3. The molecule has 1 atom stereocenters. The van der Waals surface area contributed by atoms with Gasteiger partial charge in [-0.05, 0) is 25.1 Å². The Morgan fingerprint density at radius 3 is 3.05 bits per heavy atom. The fourth-order valence-corrected chi connectivity index (χ4v) is 3.73. The fourth-order valence-electron chi connectivity index (χ4n) is 2.04. The third kappa shape index (κ3) is 4.51. The van der Waals surface area contributed by atoms with Gasteiger partial charge in [-0.3, -0.25) is 4.40 Å². The Labute approximate surface area is 123 Å². The van der Waals surface area contributed by atoms with Crippen molar-refractivity contribution in [2.75, 3.05) is 18.1 Å². The van der Waals surface area contributed by atoms with Gasteiger partial charge in [0.15, 0.2) is 4.96 Å². The number of thioether (sulfide) groups is 1. The van der Waals surface area contributed by atoms with Crippen molar-refractivity contribution in [2.45, 2.75) is 39.2 Å². The van der Waals surface area contributed by atoms with Gasteiger partial charge < -0.3 is 5.32 Å². The van der Waals surface area contributed by atoms with Gasteiger partial charge in [-0.15, -0.1) is 11.3 Å². The average Bonchev–Trinajstić information content (AvgIpc) is 2.96. The van der Waals surface area contributed by atoms with Crippen LogP contribution in [0, 0.1) is 0 Å². The average molecular weight is 297 g/mol. The van der Waals surface area contributed by atoms with Gasteiger partial charge in [0.2, 0.25) is 0 Å². The summed E-state index contributed by atoms with van der Waals surface area (Å²) >= 11 is 3.75. The summed E-state index contributed by atoms with van der Waals surface area (Å²) in [6, 6.07) is 0.543. The number of nitrogens with zero attached hydrogens (tertiary/aromatic N) is 2. The van der Waals surface area contributed by atoms with Gasteiger partial charge >= 0.3 is 0 Å². The Morgan fingerprint density at radius 2 is 2.32 bits per heavy atom. The summed E-state index contributed by atoms with van der Waals surface area (Å²) in [6.07, 6.45) is 7.72. The molecule has 106 valence electrons. The zero-order chi connectivity index (χ0) is 13.5. The van der Waals surface area contributed by atoms with Gasteiger partial charge in [-0.2, -0.15) is 11.8 Å². The van der Waals surface area contributed by atoms with Gasteiger partial charge in [0.05, 0.1) is 5.69 Å². The van der Waals surface area contributed by atoms with Crippen LogP contribution in [0.3, 0.4) is 0 Å². The van der Waals surface area contributed by atoms with Crippen LogP contribution in [0.5, 0.6) is 0 Å². The summed E-state index contributed by atoms with van der Waals surface area (Å²) in [5.74, 6) is 2.43. The lowest BCUT2D eigenvalue weighted by molar-refractivity contribution is 0.546. The van der Waals surface area contributed by atoms with Crippen molar-refractivity contribution in [1.29, 1.82) is 0 Å². The van der Waals surface area contributed by atoms with Gasteiger partial charge in [-0.1, -0.05) is 13.8 Å². The molecule has 0 saturated heterocycles. The fraction of sp³-hybridized carbons (Fsp3) is 0.643. The number of thiazole rings is 1.